The van der Waals surface area contributed by atoms with Gasteiger partial charge in [0, 0.05) is 32.3 Å². The Labute approximate surface area is 118 Å². The minimum absolute atomic E-state index is 0.416. The van der Waals surface area contributed by atoms with E-state index in [1.54, 1.807) is 0 Å². The molecule has 1 heterocycles. The van der Waals surface area contributed by atoms with E-state index < -0.39 is 0 Å². The van der Waals surface area contributed by atoms with Crippen molar-refractivity contribution in [2.24, 2.45) is 17.1 Å². The van der Waals surface area contributed by atoms with Crippen molar-refractivity contribution < 1.29 is 4.74 Å². The van der Waals surface area contributed by atoms with Crippen LogP contribution < -0.4 is 5.73 Å². The van der Waals surface area contributed by atoms with Gasteiger partial charge < -0.3 is 10.5 Å². The fourth-order valence-corrected chi connectivity index (χ4v) is 4.51. The van der Waals surface area contributed by atoms with E-state index >= 15 is 0 Å². The highest BCUT2D eigenvalue weighted by Gasteiger charge is 2.39. The van der Waals surface area contributed by atoms with Gasteiger partial charge in [0.2, 0.25) is 0 Å². The first-order chi connectivity index (χ1) is 8.95. The molecule has 19 heavy (non-hydrogen) atoms. The average molecular weight is 268 g/mol. The zero-order valence-corrected chi connectivity index (χ0v) is 13.2. The lowest BCUT2D eigenvalue weighted by atomic mass is 9.69. The summed E-state index contributed by atoms with van der Waals surface area (Å²) < 4.78 is 5.54. The summed E-state index contributed by atoms with van der Waals surface area (Å²) in [6.07, 6.45) is 6.73. The third-order valence-corrected chi connectivity index (χ3v) is 5.15. The number of nitrogens with two attached hydrogens (primary N) is 1. The summed E-state index contributed by atoms with van der Waals surface area (Å²) in [5.74, 6) is 0.840. The summed E-state index contributed by atoms with van der Waals surface area (Å²) in [5.41, 5.74) is 6.51. The number of hydrogen-bond acceptors (Lipinski definition) is 3. The Hall–Kier alpha value is -0.120. The molecule has 2 N–H and O–H groups in total. The fraction of sp³-hybridized carbons (Fsp3) is 1.00. The second kappa shape index (κ2) is 6.11. The molecule has 1 aliphatic carbocycles. The van der Waals surface area contributed by atoms with Crippen molar-refractivity contribution in [3.8, 4) is 0 Å². The molecule has 0 bridgehead atoms. The Bertz CT molecular complexity index is 292. The summed E-state index contributed by atoms with van der Waals surface area (Å²) in [5, 5.41) is 0. The van der Waals surface area contributed by atoms with E-state index in [-0.39, 0.29) is 0 Å². The lowest BCUT2D eigenvalue weighted by molar-refractivity contribution is -0.0291. The van der Waals surface area contributed by atoms with E-state index in [0.717, 1.165) is 37.9 Å². The normalized spacial score (nSPS) is 40.3. The highest BCUT2D eigenvalue weighted by Crippen LogP contribution is 2.41. The van der Waals surface area contributed by atoms with Crippen LogP contribution in [-0.2, 0) is 4.74 Å². The second-order valence-corrected chi connectivity index (χ2v) is 7.58. The van der Waals surface area contributed by atoms with Crippen LogP contribution in [-0.4, -0.2) is 43.3 Å². The van der Waals surface area contributed by atoms with Gasteiger partial charge in [0.25, 0.3) is 0 Å². The van der Waals surface area contributed by atoms with Gasteiger partial charge in [-0.15, -0.1) is 0 Å². The van der Waals surface area contributed by atoms with Gasteiger partial charge in [-0.05, 0) is 43.4 Å². The van der Waals surface area contributed by atoms with E-state index in [1.165, 1.54) is 19.3 Å². The standard InChI is InChI=1S/C16H32N2O/c1-12-7-13(10-16(2,3)9-12)18-6-5-15(19-4)8-14(18)11-17/h12-15H,5-11,17H2,1-4H3. The quantitative estimate of drug-likeness (QED) is 0.855. The van der Waals surface area contributed by atoms with Gasteiger partial charge in [0.05, 0.1) is 6.10 Å². The first kappa shape index (κ1) is 15.3. The molecule has 0 radical (unpaired) electrons. The first-order valence-electron chi connectivity index (χ1n) is 7.94. The molecular formula is C16H32N2O. The number of hydrogen-bond donors (Lipinski definition) is 1. The summed E-state index contributed by atoms with van der Waals surface area (Å²) in [4.78, 5) is 2.70. The lowest BCUT2D eigenvalue weighted by Gasteiger charge is -2.49. The minimum Gasteiger partial charge on any atom is -0.381 e. The molecule has 4 atom stereocenters. The highest BCUT2D eigenvalue weighted by molar-refractivity contribution is 4.93. The van der Waals surface area contributed by atoms with Crippen molar-refractivity contribution in [2.45, 2.75) is 71.1 Å². The lowest BCUT2D eigenvalue weighted by Crippen LogP contribution is -2.55. The zero-order valence-electron chi connectivity index (χ0n) is 13.2. The van der Waals surface area contributed by atoms with Gasteiger partial charge in [-0.2, -0.15) is 0 Å². The fourth-order valence-electron chi connectivity index (χ4n) is 4.51. The minimum atomic E-state index is 0.416. The molecule has 2 aliphatic rings. The molecule has 1 aliphatic heterocycles. The van der Waals surface area contributed by atoms with Crippen LogP contribution in [0.1, 0.15) is 52.9 Å². The van der Waals surface area contributed by atoms with Gasteiger partial charge in [-0.1, -0.05) is 20.8 Å². The zero-order chi connectivity index (χ0) is 14.0. The number of rotatable bonds is 3. The van der Waals surface area contributed by atoms with Crippen molar-refractivity contribution in [1.29, 1.82) is 0 Å². The Morgan fingerprint density at radius 2 is 2.00 bits per heavy atom. The number of likely N-dealkylation sites (tertiary alicyclic amines) is 1. The molecule has 0 aromatic rings. The number of ether oxygens (including phenoxy) is 1. The largest absolute Gasteiger partial charge is 0.381 e. The Morgan fingerprint density at radius 3 is 2.58 bits per heavy atom. The van der Waals surface area contributed by atoms with E-state index in [1.807, 2.05) is 7.11 Å². The summed E-state index contributed by atoms with van der Waals surface area (Å²) in [6, 6.07) is 1.25. The van der Waals surface area contributed by atoms with E-state index in [2.05, 4.69) is 25.7 Å². The van der Waals surface area contributed by atoms with Crippen molar-refractivity contribution in [1.82, 2.24) is 4.90 Å². The molecule has 0 amide bonds. The number of methoxy groups -OCH3 is 1. The van der Waals surface area contributed by atoms with Crippen LogP contribution in [0, 0.1) is 11.3 Å². The topological polar surface area (TPSA) is 38.5 Å². The van der Waals surface area contributed by atoms with E-state index in [0.29, 0.717) is 17.6 Å². The van der Waals surface area contributed by atoms with Crippen LogP contribution in [0.2, 0.25) is 0 Å². The maximum atomic E-state index is 6.02. The van der Waals surface area contributed by atoms with Crippen molar-refractivity contribution >= 4 is 0 Å². The van der Waals surface area contributed by atoms with Crippen LogP contribution in [0.3, 0.4) is 0 Å². The molecule has 3 nitrogen and oxygen atoms in total. The van der Waals surface area contributed by atoms with Gasteiger partial charge >= 0.3 is 0 Å². The third-order valence-electron chi connectivity index (χ3n) is 5.15. The van der Waals surface area contributed by atoms with Crippen molar-refractivity contribution in [2.75, 3.05) is 20.2 Å². The predicted molar refractivity (Wildman–Crippen MR) is 80.2 cm³/mol. The molecular weight excluding hydrogens is 236 g/mol. The SMILES string of the molecule is COC1CCN(C2CC(C)CC(C)(C)C2)C(CN)C1. The summed E-state index contributed by atoms with van der Waals surface area (Å²) in [7, 11) is 1.83. The molecule has 1 saturated heterocycles. The van der Waals surface area contributed by atoms with Crippen LogP contribution in [0.5, 0.6) is 0 Å². The summed E-state index contributed by atoms with van der Waals surface area (Å²) >= 11 is 0. The Morgan fingerprint density at radius 1 is 1.26 bits per heavy atom. The Balaban J connectivity index is 2.03. The molecule has 112 valence electrons. The van der Waals surface area contributed by atoms with Gasteiger partial charge in [0.15, 0.2) is 0 Å². The maximum Gasteiger partial charge on any atom is 0.0599 e. The maximum absolute atomic E-state index is 6.02. The summed E-state index contributed by atoms with van der Waals surface area (Å²) in [6.45, 7) is 9.19. The van der Waals surface area contributed by atoms with E-state index in [4.69, 9.17) is 10.5 Å². The van der Waals surface area contributed by atoms with Crippen LogP contribution in [0.4, 0.5) is 0 Å². The molecule has 0 aromatic heterocycles. The smallest absolute Gasteiger partial charge is 0.0599 e. The van der Waals surface area contributed by atoms with Crippen LogP contribution in [0.15, 0.2) is 0 Å². The second-order valence-electron chi connectivity index (χ2n) is 7.58. The van der Waals surface area contributed by atoms with Gasteiger partial charge in [0.1, 0.15) is 0 Å². The molecule has 0 aromatic carbocycles. The monoisotopic (exact) mass is 268 g/mol. The molecule has 4 unspecified atom stereocenters. The van der Waals surface area contributed by atoms with Crippen LogP contribution >= 0.6 is 0 Å². The van der Waals surface area contributed by atoms with Crippen LogP contribution in [0.25, 0.3) is 0 Å². The van der Waals surface area contributed by atoms with Crippen molar-refractivity contribution in [3.63, 3.8) is 0 Å². The number of piperidine rings is 1. The van der Waals surface area contributed by atoms with Gasteiger partial charge in [-0.25, -0.2) is 0 Å². The number of nitrogens with zero attached hydrogens (tertiary/aromatic N) is 1. The highest BCUT2D eigenvalue weighted by atomic mass is 16.5. The predicted octanol–water partition coefficient (Wildman–Crippen LogP) is 2.64. The van der Waals surface area contributed by atoms with Crippen molar-refractivity contribution in [3.05, 3.63) is 0 Å². The molecule has 2 fully saturated rings. The average Bonchev–Trinajstić information content (AvgIpc) is 2.35. The molecule has 1 saturated carbocycles. The van der Waals surface area contributed by atoms with E-state index in [9.17, 15) is 0 Å². The third kappa shape index (κ3) is 3.71. The molecule has 0 spiro atoms. The molecule has 3 heteroatoms. The van der Waals surface area contributed by atoms with Gasteiger partial charge in [-0.3, -0.25) is 4.90 Å². The first-order valence-corrected chi connectivity index (χ1v) is 7.94. The molecule has 2 rings (SSSR count). The Kier molecular flexibility index (Phi) is 4.91.